The molecule has 1 heterocycles. The molecule has 1 aliphatic rings. The zero-order valence-electron chi connectivity index (χ0n) is 9.58. The first-order valence-corrected chi connectivity index (χ1v) is 5.77. The first-order valence-electron chi connectivity index (χ1n) is 5.77. The monoisotopic (exact) mass is 223 g/mol. The van der Waals surface area contributed by atoms with Crippen LogP contribution in [0.4, 0.5) is 4.39 Å². The van der Waals surface area contributed by atoms with Crippen LogP contribution >= 0.6 is 0 Å². The fourth-order valence-corrected chi connectivity index (χ4v) is 2.38. The Morgan fingerprint density at radius 3 is 3.12 bits per heavy atom. The highest BCUT2D eigenvalue weighted by Gasteiger charge is 2.24. The van der Waals surface area contributed by atoms with Crippen molar-refractivity contribution in [2.45, 2.75) is 18.9 Å². The Bertz CT molecular complexity index is 342. The molecule has 1 aromatic carbocycles. The Balaban J connectivity index is 2.02. The second-order valence-electron chi connectivity index (χ2n) is 4.36. The SMILES string of the molecule is CO[C@@H]1CCNC[C@H]1Cc1cccc(F)c1. The third-order valence-corrected chi connectivity index (χ3v) is 3.23. The lowest BCUT2D eigenvalue weighted by atomic mass is 9.89. The van der Waals surface area contributed by atoms with Gasteiger partial charge in [0.2, 0.25) is 0 Å². The molecule has 0 bridgehead atoms. The highest BCUT2D eigenvalue weighted by atomic mass is 19.1. The summed E-state index contributed by atoms with van der Waals surface area (Å²) in [5.74, 6) is 0.288. The van der Waals surface area contributed by atoms with Crippen molar-refractivity contribution < 1.29 is 9.13 Å². The van der Waals surface area contributed by atoms with Crippen LogP contribution in [0.5, 0.6) is 0 Å². The molecule has 1 fully saturated rings. The van der Waals surface area contributed by atoms with Gasteiger partial charge in [0.25, 0.3) is 0 Å². The third-order valence-electron chi connectivity index (χ3n) is 3.23. The van der Waals surface area contributed by atoms with E-state index in [2.05, 4.69) is 5.32 Å². The molecule has 0 spiro atoms. The van der Waals surface area contributed by atoms with E-state index in [1.165, 1.54) is 6.07 Å². The summed E-state index contributed by atoms with van der Waals surface area (Å²) in [6.45, 7) is 1.97. The predicted molar refractivity (Wildman–Crippen MR) is 61.9 cm³/mol. The third kappa shape index (κ3) is 2.80. The lowest BCUT2D eigenvalue weighted by Crippen LogP contribution is -2.41. The highest BCUT2D eigenvalue weighted by molar-refractivity contribution is 5.17. The molecule has 1 saturated heterocycles. The molecule has 0 radical (unpaired) electrons. The van der Waals surface area contributed by atoms with Crippen LogP contribution in [0.1, 0.15) is 12.0 Å². The summed E-state index contributed by atoms with van der Waals surface area (Å²) in [5.41, 5.74) is 1.05. The van der Waals surface area contributed by atoms with Crippen molar-refractivity contribution in [1.29, 1.82) is 0 Å². The maximum atomic E-state index is 13.1. The van der Waals surface area contributed by atoms with E-state index in [0.29, 0.717) is 12.0 Å². The number of halogens is 1. The molecule has 0 aromatic heterocycles. The Hall–Kier alpha value is -0.930. The van der Waals surface area contributed by atoms with Crippen LogP contribution in [-0.2, 0) is 11.2 Å². The predicted octanol–water partition coefficient (Wildman–Crippen LogP) is 1.99. The van der Waals surface area contributed by atoms with Crippen molar-refractivity contribution in [3.8, 4) is 0 Å². The zero-order chi connectivity index (χ0) is 11.4. The maximum Gasteiger partial charge on any atom is 0.123 e. The molecule has 2 rings (SSSR count). The van der Waals surface area contributed by atoms with E-state index in [9.17, 15) is 4.39 Å². The van der Waals surface area contributed by atoms with Gasteiger partial charge in [-0.2, -0.15) is 0 Å². The second kappa shape index (κ2) is 5.41. The molecule has 0 aliphatic carbocycles. The molecular formula is C13H18FNO. The van der Waals surface area contributed by atoms with Gasteiger partial charge >= 0.3 is 0 Å². The van der Waals surface area contributed by atoms with Crippen molar-refractivity contribution in [3.05, 3.63) is 35.6 Å². The first kappa shape index (κ1) is 11.6. The van der Waals surface area contributed by atoms with Crippen LogP contribution in [0.25, 0.3) is 0 Å². The quantitative estimate of drug-likeness (QED) is 0.846. The van der Waals surface area contributed by atoms with E-state index in [1.807, 2.05) is 6.07 Å². The van der Waals surface area contributed by atoms with Crippen molar-refractivity contribution in [2.24, 2.45) is 5.92 Å². The minimum Gasteiger partial charge on any atom is -0.381 e. The van der Waals surface area contributed by atoms with Crippen molar-refractivity contribution in [2.75, 3.05) is 20.2 Å². The van der Waals surface area contributed by atoms with Crippen LogP contribution < -0.4 is 5.32 Å². The lowest BCUT2D eigenvalue weighted by Gasteiger charge is -2.31. The highest BCUT2D eigenvalue weighted by Crippen LogP contribution is 2.19. The molecule has 1 aromatic rings. The van der Waals surface area contributed by atoms with Crippen molar-refractivity contribution >= 4 is 0 Å². The Kier molecular flexibility index (Phi) is 3.91. The molecule has 0 unspecified atom stereocenters. The fourth-order valence-electron chi connectivity index (χ4n) is 2.38. The zero-order valence-corrected chi connectivity index (χ0v) is 9.58. The summed E-state index contributed by atoms with van der Waals surface area (Å²) in [5, 5.41) is 3.36. The minimum absolute atomic E-state index is 0.157. The number of methoxy groups -OCH3 is 1. The van der Waals surface area contributed by atoms with Crippen molar-refractivity contribution in [1.82, 2.24) is 5.32 Å². The molecule has 1 aliphatic heterocycles. The molecular weight excluding hydrogens is 205 g/mol. The van der Waals surface area contributed by atoms with Crippen molar-refractivity contribution in [3.63, 3.8) is 0 Å². The van der Waals surface area contributed by atoms with Gasteiger partial charge in [0.1, 0.15) is 5.82 Å². The van der Waals surface area contributed by atoms with E-state index in [-0.39, 0.29) is 5.82 Å². The molecule has 16 heavy (non-hydrogen) atoms. The Morgan fingerprint density at radius 1 is 1.50 bits per heavy atom. The fraction of sp³-hybridized carbons (Fsp3) is 0.538. The average Bonchev–Trinajstić information content (AvgIpc) is 2.30. The summed E-state index contributed by atoms with van der Waals surface area (Å²) in [6.07, 6.45) is 2.21. The minimum atomic E-state index is -0.157. The Labute approximate surface area is 95.8 Å². The van der Waals surface area contributed by atoms with Gasteiger partial charge in [-0.15, -0.1) is 0 Å². The van der Waals surface area contributed by atoms with E-state index < -0.39 is 0 Å². The molecule has 1 N–H and O–H groups in total. The summed E-state index contributed by atoms with van der Waals surface area (Å²) in [6, 6.07) is 6.84. The second-order valence-corrected chi connectivity index (χ2v) is 4.36. The lowest BCUT2D eigenvalue weighted by molar-refractivity contribution is 0.0311. The number of hydrogen-bond donors (Lipinski definition) is 1. The summed E-state index contributed by atoms with van der Waals surface area (Å²) in [4.78, 5) is 0. The van der Waals surface area contributed by atoms with Gasteiger partial charge in [0.05, 0.1) is 6.10 Å². The maximum absolute atomic E-state index is 13.1. The number of nitrogens with one attached hydrogen (secondary N) is 1. The van der Waals surface area contributed by atoms with E-state index in [1.54, 1.807) is 19.2 Å². The Morgan fingerprint density at radius 2 is 2.38 bits per heavy atom. The summed E-state index contributed by atoms with van der Waals surface area (Å²) < 4.78 is 18.5. The van der Waals surface area contributed by atoms with Gasteiger partial charge in [0.15, 0.2) is 0 Å². The standard InChI is InChI=1S/C13H18FNO/c1-16-13-5-6-15-9-11(13)7-10-3-2-4-12(14)8-10/h2-4,8,11,13,15H,5-7,9H2,1H3/t11-,13-/m1/s1. The van der Waals surface area contributed by atoms with Crippen LogP contribution in [0.15, 0.2) is 24.3 Å². The van der Waals surface area contributed by atoms with Gasteiger partial charge in [-0.25, -0.2) is 4.39 Å². The molecule has 0 saturated carbocycles. The summed E-state index contributed by atoms with van der Waals surface area (Å²) in [7, 11) is 1.76. The van der Waals surface area contributed by atoms with Gasteiger partial charge < -0.3 is 10.1 Å². The molecule has 2 nitrogen and oxygen atoms in total. The number of piperidine rings is 1. The number of benzene rings is 1. The smallest absolute Gasteiger partial charge is 0.123 e. The summed E-state index contributed by atoms with van der Waals surface area (Å²) >= 11 is 0. The van der Waals surface area contributed by atoms with Gasteiger partial charge in [-0.3, -0.25) is 0 Å². The van der Waals surface area contributed by atoms with Gasteiger partial charge in [-0.05, 0) is 37.1 Å². The largest absolute Gasteiger partial charge is 0.381 e. The van der Waals surface area contributed by atoms with Crippen LogP contribution in [0.2, 0.25) is 0 Å². The van der Waals surface area contributed by atoms with E-state index >= 15 is 0 Å². The van der Waals surface area contributed by atoms with Gasteiger partial charge in [0, 0.05) is 19.6 Å². The van der Waals surface area contributed by atoms with E-state index in [0.717, 1.165) is 31.5 Å². The van der Waals surface area contributed by atoms with Crippen LogP contribution in [0, 0.1) is 11.7 Å². The molecule has 2 atom stereocenters. The number of rotatable bonds is 3. The molecule has 0 amide bonds. The molecule has 88 valence electrons. The van der Waals surface area contributed by atoms with Crippen LogP contribution in [0.3, 0.4) is 0 Å². The molecule has 3 heteroatoms. The van der Waals surface area contributed by atoms with Crippen LogP contribution in [-0.4, -0.2) is 26.3 Å². The number of ether oxygens (including phenoxy) is 1. The van der Waals surface area contributed by atoms with Gasteiger partial charge in [-0.1, -0.05) is 12.1 Å². The first-order chi connectivity index (χ1) is 7.79. The topological polar surface area (TPSA) is 21.3 Å². The van der Waals surface area contributed by atoms with E-state index in [4.69, 9.17) is 4.74 Å². The number of hydrogen-bond acceptors (Lipinski definition) is 2. The normalized spacial score (nSPS) is 25.6. The average molecular weight is 223 g/mol.